The van der Waals surface area contributed by atoms with Crippen molar-refractivity contribution in [1.29, 1.82) is 0 Å². The van der Waals surface area contributed by atoms with Gasteiger partial charge in [-0.3, -0.25) is 9.59 Å². The molecule has 2 aromatic rings. The first-order valence-electron chi connectivity index (χ1n) is 7.43. The van der Waals surface area contributed by atoms with Gasteiger partial charge in [0.2, 0.25) is 5.91 Å². The molecule has 24 heavy (non-hydrogen) atoms. The van der Waals surface area contributed by atoms with Crippen molar-refractivity contribution in [1.82, 2.24) is 4.90 Å². The number of carbonyl (C=O) groups is 3. The number of nitrogens with one attached hydrogen (secondary N) is 1. The molecule has 0 aliphatic carbocycles. The molecule has 0 bridgehead atoms. The number of esters is 1. The van der Waals surface area contributed by atoms with Gasteiger partial charge in [0, 0.05) is 6.54 Å². The van der Waals surface area contributed by atoms with Crippen molar-refractivity contribution >= 4 is 34.8 Å². The number of hydrogen-bond donors (Lipinski definition) is 1. The Kier molecular flexibility index (Phi) is 4.66. The van der Waals surface area contributed by atoms with Crippen LogP contribution in [-0.4, -0.2) is 42.4 Å². The summed E-state index contributed by atoms with van der Waals surface area (Å²) in [6.45, 7) is 0.491. The van der Waals surface area contributed by atoms with Crippen LogP contribution in [0.25, 0.3) is 0 Å². The number of nitrogens with zero attached hydrogens (tertiary/aromatic N) is 1. The predicted octanol–water partition coefficient (Wildman–Crippen LogP) is 2.37. The van der Waals surface area contributed by atoms with Crippen LogP contribution in [0.15, 0.2) is 34.3 Å². The molecule has 1 aliphatic rings. The van der Waals surface area contributed by atoms with Crippen molar-refractivity contribution in [3.8, 4) is 0 Å². The number of anilines is 1. The quantitative estimate of drug-likeness (QED) is 0.857. The van der Waals surface area contributed by atoms with Gasteiger partial charge in [-0.2, -0.15) is 0 Å². The molecule has 1 atom stereocenters. The lowest BCUT2D eigenvalue weighted by molar-refractivity contribution is -0.119. The van der Waals surface area contributed by atoms with Crippen molar-refractivity contribution < 1.29 is 23.5 Å². The number of furan rings is 1. The van der Waals surface area contributed by atoms with Crippen LogP contribution in [0.1, 0.15) is 33.1 Å². The second-order valence-corrected chi connectivity index (χ2v) is 6.19. The van der Waals surface area contributed by atoms with E-state index in [9.17, 15) is 14.4 Å². The molecule has 7 nitrogen and oxygen atoms in total. The van der Waals surface area contributed by atoms with E-state index in [-0.39, 0.29) is 17.6 Å². The van der Waals surface area contributed by atoms with Crippen molar-refractivity contribution in [2.75, 3.05) is 19.0 Å². The summed E-state index contributed by atoms with van der Waals surface area (Å²) in [5.74, 6) is -0.928. The van der Waals surface area contributed by atoms with E-state index in [0.29, 0.717) is 23.5 Å². The Balaban J connectivity index is 1.74. The Morgan fingerprint density at radius 2 is 2.21 bits per heavy atom. The van der Waals surface area contributed by atoms with Gasteiger partial charge in [-0.25, -0.2) is 4.79 Å². The van der Waals surface area contributed by atoms with E-state index in [2.05, 4.69) is 5.32 Å². The number of methoxy groups -OCH3 is 1. The third-order valence-corrected chi connectivity index (χ3v) is 4.74. The van der Waals surface area contributed by atoms with Crippen molar-refractivity contribution in [3.05, 3.63) is 40.5 Å². The van der Waals surface area contributed by atoms with E-state index in [0.717, 1.165) is 6.42 Å². The van der Waals surface area contributed by atoms with Gasteiger partial charge in [0.25, 0.3) is 5.91 Å². The number of amides is 2. The largest absolute Gasteiger partial charge is 0.465 e. The fraction of sp³-hybridized carbons (Fsp3) is 0.312. The lowest BCUT2D eigenvalue weighted by Crippen LogP contribution is -2.43. The molecule has 1 saturated heterocycles. The monoisotopic (exact) mass is 348 g/mol. The molecule has 8 heteroatoms. The number of thiophene rings is 1. The van der Waals surface area contributed by atoms with E-state index in [1.807, 2.05) is 0 Å². The average Bonchev–Trinajstić information content (AvgIpc) is 3.32. The molecule has 2 aromatic heterocycles. The van der Waals surface area contributed by atoms with Crippen LogP contribution in [0.3, 0.4) is 0 Å². The third kappa shape index (κ3) is 3.05. The lowest BCUT2D eigenvalue weighted by Gasteiger charge is -2.23. The normalized spacial score (nSPS) is 16.9. The topological polar surface area (TPSA) is 88.9 Å². The molecule has 0 unspecified atom stereocenters. The van der Waals surface area contributed by atoms with Crippen molar-refractivity contribution in [2.24, 2.45) is 0 Å². The predicted molar refractivity (Wildman–Crippen MR) is 87.1 cm³/mol. The molecule has 0 saturated carbocycles. The Labute approximate surface area is 142 Å². The Hall–Kier alpha value is -2.61. The lowest BCUT2D eigenvalue weighted by atomic mass is 10.2. The van der Waals surface area contributed by atoms with Crippen LogP contribution in [0.4, 0.5) is 5.69 Å². The van der Waals surface area contributed by atoms with Crippen LogP contribution in [0.2, 0.25) is 0 Å². The fourth-order valence-corrected chi connectivity index (χ4v) is 3.46. The van der Waals surface area contributed by atoms with Crippen LogP contribution in [0, 0.1) is 0 Å². The number of hydrogen-bond acceptors (Lipinski definition) is 6. The molecular formula is C16H16N2O5S. The van der Waals surface area contributed by atoms with Gasteiger partial charge < -0.3 is 19.4 Å². The summed E-state index contributed by atoms with van der Waals surface area (Å²) in [5, 5.41) is 4.42. The molecule has 2 amide bonds. The third-order valence-electron chi connectivity index (χ3n) is 3.84. The van der Waals surface area contributed by atoms with Crippen LogP contribution in [0.5, 0.6) is 0 Å². The van der Waals surface area contributed by atoms with Gasteiger partial charge in [0.05, 0.1) is 19.1 Å². The van der Waals surface area contributed by atoms with Gasteiger partial charge >= 0.3 is 5.97 Å². The fourth-order valence-electron chi connectivity index (χ4n) is 2.70. The van der Waals surface area contributed by atoms with Gasteiger partial charge in [-0.05, 0) is 36.4 Å². The van der Waals surface area contributed by atoms with E-state index < -0.39 is 12.0 Å². The maximum Gasteiger partial charge on any atom is 0.350 e. The molecule has 3 rings (SSSR count). The molecule has 126 valence electrons. The van der Waals surface area contributed by atoms with E-state index in [1.165, 1.54) is 29.6 Å². The van der Waals surface area contributed by atoms with E-state index in [1.54, 1.807) is 23.6 Å². The molecule has 0 aromatic carbocycles. The zero-order chi connectivity index (χ0) is 17.1. The highest BCUT2D eigenvalue weighted by Gasteiger charge is 2.36. The maximum absolute atomic E-state index is 12.6. The zero-order valence-electron chi connectivity index (χ0n) is 13.0. The summed E-state index contributed by atoms with van der Waals surface area (Å²) in [6.07, 6.45) is 2.72. The summed E-state index contributed by atoms with van der Waals surface area (Å²) >= 11 is 1.19. The van der Waals surface area contributed by atoms with Crippen LogP contribution in [-0.2, 0) is 9.53 Å². The smallest absolute Gasteiger partial charge is 0.350 e. The first-order valence-corrected chi connectivity index (χ1v) is 8.31. The minimum absolute atomic E-state index is 0.209. The Bertz CT molecular complexity index is 752. The molecule has 0 spiro atoms. The summed E-state index contributed by atoms with van der Waals surface area (Å²) in [7, 11) is 1.29. The van der Waals surface area contributed by atoms with E-state index in [4.69, 9.17) is 9.15 Å². The molecule has 1 N–H and O–H groups in total. The minimum atomic E-state index is -0.590. The Morgan fingerprint density at radius 1 is 1.38 bits per heavy atom. The number of carbonyl (C=O) groups excluding carboxylic acids is 3. The zero-order valence-corrected chi connectivity index (χ0v) is 13.8. The first kappa shape index (κ1) is 16.3. The summed E-state index contributed by atoms with van der Waals surface area (Å²) in [4.78, 5) is 38.5. The van der Waals surface area contributed by atoms with Gasteiger partial charge in [0.1, 0.15) is 10.9 Å². The maximum atomic E-state index is 12.6. The number of rotatable bonds is 4. The molecule has 1 aliphatic heterocycles. The highest BCUT2D eigenvalue weighted by molar-refractivity contribution is 7.12. The molecule has 0 radical (unpaired) electrons. The molecule has 3 heterocycles. The molecule has 1 fully saturated rings. The van der Waals surface area contributed by atoms with E-state index >= 15 is 0 Å². The van der Waals surface area contributed by atoms with Gasteiger partial charge in [-0.15, -0.1) is 11.3 Å². The summed E-state index contributed by atoms with van der Waals surface area (Å²) in [5.41, 5.74) is 0.397. The Morgan fingerprint density at radius 3 is 2.92 bits per heavy atom. The van der Waals surface area contributed by atoms with Gasteiger partial charge in [-0.1, -0.05) is 0 Å². The average molecular weight is 348 g/mol. The highest BCUT2D eigenvalue weighted by Crippen LogP contribution is 2.26. The summed E-state index contributed by atoms with van der Waals surface area (Å²) < 4.78 is 9.82. The van der Waals surface area contributed by atoms with Crippen LogP contribution >= 0.6 is 11.3 Å². The second-order valence-electron chi connectivity index (χ2n) is 5.28. The van der Waals surface area contributed by atoms with Crippen molar-refractivity contribution in [3.63, 3.8) is 0 Å². The highest BCUT2D eigenvalue weighted by atomic mass is 32.1. The standard InChI is InChI=1S/C16H16N2O5S/c1-22-16(21)13-10(6-9-24-13)17-14(19)11-4-2-7-18(11)15(20)12-5-3-8-23-12/h3,5-6,8-9,11H,2,4,7H2,1H3,(H,17,19)/t11-/m0/s1. The first-order chi connectivity index (χ1) is 11.6. The number of ether oxygens (including phenoxy) is 1. The van der Waals surface area contributed by atoms with Crippen molar-refractivity contribution in [2.45, 2.75) is 18.9 Å². The minimum Gasteiger partial charge on any atom is -0.465 e. The summed E-state index contributed by atoms with van der Waals surface area (Å²) in [6, 6.07) is 4.26. The van der Waals surface area contributed by atoms with Gasteiger partial charge in [0.15, 0.2) is 5.76 Å². The van der Waals surface area contributed by atoms with Crippen LogP contribution < -0.4 is 5.32 Å². The number of likely N-dealkylation sites (tertiary alicyclic amines) is 1. The second kappa shape index (κ2) is 6.88. The molecular weight excluding hydrogens is 332 g/mol. The SMILES string of the molecule is COC(=O)c1sccc1NC(=O)[C@@H]1CCCN1C(=O)c1ccco1.